The number of hydrogen-bond acceptors (Lipinski definition) is 5. The summed E-state index contributed by atoms with van der Waals surface area (Å²) in [6.45, 7) is 2.44. The summed E-state index contributed by atoms with van der Waals surface area (Å²) in [7, 11) is 0. The van der Waals surface area contributed by atoms with E-state index >= 15 is 0 Å². The molecular weight excluding hydrogens is 334 g/mol. The van der Waals surface area contributed by atoms with Crippen molar-refractivity contribution >= 4 is 5.91 Å². The lowest BCUT2D eigenvalue weighted by molar-refractivity contribution is -0.133. The van der Waals surface area contributed by atoms with Crippen molar-refractivity contribution in [3.8, 4) is 0 Å². The van der Waals surface area contributed by atoms with Gasteiger partial charge in [-0.1, -0.05) is 6.07 Å². The van der Waals surface area contributed by atoms with E-state index in [1.165, 1.54) is 17.0 Å². The van der Waals surface area contributed by atoms with Crippen LogP contribution in [0, 0.1) is 5.92 Å². The molecule has 0 bridgehead atoms. The van der Waals surface area contributed by atoms with E-state index in [-0.39, 0.29) is 23.9 Å². The first-order valence-corrected chi connectivity index (χ1v) is 8.45. The predicted molar refractivity (Wildman–Crippen MR) is 91.9 cm³/mol. The van der Waals surface area contributed by atoms with Gasteiger partial charge in [-0.2, -0.15) is 5.10 Å². The minimum absolute atomic E-state index is 0.0242. The van der Waals surface area contributed by atoms with Crippen molar-refractivity contribution < 1.29 is 4.79 Å². The molecule has 9 nitrogen and oxygen atoms in total. The molecule has 0 fully saturated rings. The van der Waals surface area contributed by atoms with Crippen LogP contribution < -0.4 is 5.56 Å². The molecule has 3 aromatic heterocycles. The number of amides is 1. The molecule has 4 rings (SSSR count). The molecule has 134 valence electrons. The highest BCUT2D eigenvalue weighted by Crippen LogP contribution is 2.17. The maximum Gasteiger partial charge on any atom is 0.250 e. The Morgan fingerprint density at radius 3 is 2.96 bits per heavy atom. The molecule has 1 aliphatic heterocycles. The van der Waals surface area contributed by atoms with Crippen molar-refractivity contribution in [2.45, 2.75) is 26.2 Å². The fourth-order valence-corrected chi connectivity index (χ4v) is 3.27. The maximum absolute atomic E-state index is 12.8. The van der Waals surface area contributed by atoms with Crippen LogP contribution in [0.4, 0.5) is 0 Å². The zero-order valence-electron chi connectivity index (χ0n) is 14.2. The molecule has 0 aromatic carbocycles. The van der Waals surface area contributed by atoms with Crippen molar-refractivity contribution in [2.24, 2.45) is 5.92 Å². The zero-order valence-corrected chi connectivity index (χ0v) is 14.2. The highest BCUT2D eigenvalue weighted by Gasteiger charge is 2.26. The smallest absolute Gasteiger partial charge is 0.250 e. The molecular formula is C17H19N7O2. The zero-order chi connectivity index (χ0) is 17.9. The van der Waals surface area contributed by atoms with Crippen LogP contribution in [0.5, 0.6) is 0 Å². The van der Waals surface area contributed by atoms with E-state index in [9.17, 15) is 9.59 Å². The van der Waals surface area contributed by atoms with Gasteiger partial charge in [-0.25, -0.2) is 9.97 Å². The van der Waals surface area contributed by atoms with E-state index in [1.807, 2.05) is 6.20 Å². The van der Waals surface area contributed by atoms with Crippen LogP contribution in [-0.2, 0) is 31.0 Å². The molecule has 1 atom stereocenters. The Bertz CT molecular complexity index is 944. The Balaban J connectivity index is 1.55. The lowest BCUT2D eigenvalue weighted by Gasteiger charge is -2.24. The third kappa shape index (κ3) is 3.41. The van der Waals surface area contributed by atoms with Crippen LogP contribution in [0.15, 0.2) is 54.2 Å². The largest absolute Gasteiger partial charge is 0.333 e. The van der Waals surface area contributed by atoms with Crippen LogP contribution in [-0.4, -0.2) is 46.2 Å². The van der Waals surface area contributed by atoms with Crippen LogP contribution in [0.3, 0.4) is 0 Å². The van der Waals surface area contributed by atoms with E-state index in [0.717, 1.165) is 12.4 Å². The van der Waals surface area contributed by atoms with Gasteiger partial charge in [0.1, 0.15) is 25.0 Å². The van der Waals surface area contributed by atoms with Gasteiger partial charge in [-0.15, -0.1) is 0 Å². The number of carbonyl (C=O) groups excluding carboxylic acids is 1. The topological polar surface area (TPSA) is 90.8 Å². The highest BCUT2D eigenvalue weighted by molar-refractivity contribution is 5.76. The van der Waals surface area contributed by atoms with Gasteiger partial charge in [0.15, 0.2) is 0 Å². The van der Waals surface area contributed by atoms with Crippen LogP contribution in [0.1, 0.15) is 5.82 Å². The number of imidazole rings is 1. The van der Waals surface area contributed by atoms with Gasteiger partial charge < -0.3 is 14.0 Å². The average molecular weight is 353 g/mol. The van der Waals surface area contributed by atoms with Gasteiger partial charge in [0.05, 0.1) is 6.54 Å². The van der Waals surface area contributed by atoms with Crippen molar-refractivity contribution in [1.82, 2.24) is 33.8 Å². The van der Waals surface area contributed by atoms with E-state index < -0.39 is 0 Å². The Labute approximate surface area is 149 Å². The van der Waals surface area contributed by atoms with Gasteiger partial charge in [-0.05, 0) is 6.07 Å². The summed E-state index contributed by atoms with van der Waals surface area (Å²) in [6, 6.07) is 4.87. The number of rotatable bonds is 4. The molecule has 1 unspecified atom stereocenters. The number of carbonyl (C=O) groups is 1. The Hall–Kier alpha value is -3.23. The molecule has 4 heterocycles. The molecule has 0 N–H and O–H groups in total. The highest BCUT2D eigenvalue weighted by atomic mass is 16.2. The standard InChI is InChI=1S/C17H19N7O2/c25-16-3-1-2-5-22(16)11-17(26)23-8-14(9-24-13-18-12-20-24)7-21-6-4-19-15(21)10-23/h1-6,12-14H,7-11H2. The second-order valence-corrected chi connectivity index (χ2v) is 6.42. The Morgan fingerprint density at radius 2 is 2.15 bits per heavy atom. The van der Waals surface area contributed by atoms with Gasteiger partial charge in [0, 0.05) is 50.2 Å². The summed E-state index contributed by atoms with van der Waals surface area (Å²) in [5, 5.41) is 4.17. The quantitative estimate of drug-likeness (QED) is 0.658. The Kier molecular flexibility index (Phi) is 4.34. The fourth-order valence-electron chi connectivity index (χ4n) is 3.27. The molecule has 1 aliphatic rings. The molecule has 0 saturated heterocycles. The van der Waals surface area contributed by atoms with Crippen LogP contribution >= 0.6 is 0 Å². The summed E-state index contributed by atoms with van der Waals surface area (Å²) < 4.78 is 5.27. The van der Waals surface area contributed by atoms with Gasteiger partial charge in [0.25, 0.3) is 5.56 Å². The van der Waals surface area contributed by atoms with Crippen LogP contribution in [0.25, 0.3) is 0 Å². The summed E-state index contributed by atoms with van der Waals surface area (Å²) in [4.78, 5) is 34.9. The molecule has 0 saturated carbocycles. The SMILES string of the molecule is O=C(Cn1ccccc1=O)N1Cc2nccn2CC(Cn2cncn2)C1. The van der Waals surface area contributed by atoms with Crippen molar-refractivity contribution in [3.05, 3.63) is 65.6 Å². The first kappa shape index (κ1) is 16.2. The minimum Gasteiger partial charge on any atom is -0.333 e. The number of aromatic nitrogens is 6. The lowest BCUT2D eigenvalue weighted by atomic mass is 10.1. The molecule has 1 amide bonds. The molecule has 0 spiro atoms. The van der Waals surface area contributed by atoms with Crippen molar-refractivity contribution in [3.63, 3.8) is 0 Å². The molecule has 0 radical (unpaired) electrons. The van der Waals surface area contributed by atoms with Gasteiger partial charge in [0.2, 0.25) is 5.91 Å². The van der Waals surface area contributed by atoms with Gasteiger partial charge in [-0.3, -0.25) is 14.3 Å². The molecule has 0 aliphatic carbocycles. The number of fused-ring (bicyclic) bond motifs is 1. The molecule has 9 heteroatoms. The summed E-state index contributed by atoms with van der Waals surface area (Å²) >= 11 is 0. The first-order chi connectivity index (χ1) is 12.7. The van der Waals surface area contributed by atoms with Crippen LogP contribution in [0.2, 0.25) is 0 Å². The number of nitrogens with zero attached hydrogens (tertiary/aromatic N) is 7. The Morgan fingerprint density at radius 1 is 1.23 bits per heavy atom. The van der Waals surface area contributed by atoms with E-state index in [0.29, 0.717) is 19.6 Å². The normalized spacial score (nSPS) is 16.9. The average Bonchev–Trinajstić information content (AvgIpc) is 3.26. The monoisotopic (exact) mass is 353 g/mol. The second kappa shape index (κ2) is 6.95. The summed E-state index contributed by atoms with van der Waals surface area (Å²) in [5.74, 6) is 0.918. The third-order valence-electron chi connectivity index (χ3n) is 4.54. The minimum atomic E-state index is -0.184. The summed E-state index contributed by atoms with van der Waals surface area (Å²) in [6.07, 6.45) is 8.49. The number of pyridine rings is 1. The van der Waals surface area contributed by atoms with E-state index in [2.05, 4.69) is 19.6 Å². The molecule has 26 heavy (non-hydrogen) atoms. The number of hydrogen-bond donors (Lipinski definition) is 0. The maximum atomic E-state index is 12.8. The van der Waals surface area contributed by atoms with Crippen molar-refractivity contribution in [1.29, 1.82) is 0 Å². The van der Waals surface area contributed by atoms with Gasteiger partial charge >= 0.3 is 0 Å². The third-order valence-corrected chi connectivity index (χ3v) is 4.54. The van der Waals surface area contributed by atoms with E-state index in [1.54, 1.807) is 40.4 Å². The predicted octanol–water partition coefficient (Wildman–Crippen LogP) is -0.00490. The second-order valence-electron chi connectivity index (χ2n) is 6.42. The lowest BCUT2D eigenvalue weighted by Crippen LogP contribution is -2.39. The molecule has 3 aromatic rings. The fraction of sp³-hybridized carbons (Fsp3) is 0.353. The summed E-state index contributed by atoms with van der Waals surface area (Å²) in [5.41, 5.74) is -0.184. The van der Waals surface area contributed by atoms with Crippen molar-refractivity contribution in [2.75, 3.05) is 6.54 Å². The first-order valence-electron chi connectivity index (χ1n) is 8.45. The van der Waals surface area contributed by atoms with E-state index in [4.69, 9.17) is 0 Å².